The van der Waals surface area contributed by atoms with Gasteiger partial charge in [0.1, 0.15) is 24.2 Å². The van der Waals surface area contributed by atoms with Crippen molar-refractivity contribution in [2.75, 3.05) is 11.9 Å². The number of ether oxygens (including phenoxy) is 1. The molecule has 3 amide bonds. The summed E-state index contributed by atoms with van der Waals surface area (Å²) in [5, 5.41) is 15.5. The zero-order valence-electron chi connectivity index (χ0n) is 24.6. The molecule has 0 fully saturated rings. The molecule has 8 nitrogen and oxygen atoms in total. The highest BCUT2D eigenvalue weighted by Gasteiger charge is 2.37. The van der Waals surface area contributed by atoms with Crippen molar-refractivity contribution in [3.63, 3.8) is 0 Å². The maximum Gasteiger partial charge on any atom is 0.408 e. The van der Waals surface area contributed by atoms with Crippen LogP contribution in [0.25, 0.3) is 0 Å². The number of carbonyl (C=O) groups is 3. The monoisotopic (exact) mass is 534 g/mol. The van der Waals surface area contributed by atoms with Crippen molar-refractivity contribution in [2.24, 2.45) is 5.92 Å². The number of alkyl carbamates (subject to hydrolysis) is 1. The molecule has 0 aromatic heterocycles. The van der Waals surface area contributed by atoms with E-state index in [-0.39, 0.29) is 12.5 Å². The van der Waals surface area contributed by atoms with Crippen molar-refractivity contribution in [1.82, 2.24) is 10.2 Å². The minimum atomic E-state index is -1.11. The Morgan fingerprint density at radius 3 is 2.05 bits per heavy atom. The van der Waals surface area contributed by atoms with Gasteiger partial charge in [0.25, 0.3) is 5.91 Å². The third-order valence-corrected chi connectivity index (χ3v) is 6.07. The van der Waals surface area contributed by atoms with E-state index in [1.54, 1.807) is 20.8 Å². The van der Waals surface area contributed by atoms with Gasteiger partial charge in [-0.3, -0.25) is 9.59 Å². The molecule has 0 heterocycles. The van der Waals surface area contributed by atoms with E-state index >= 15 is 0 Å². The Morgan fingerprint density at radius 1 is 1.00 bits per heavy atom. The van der Waals surface area contributed by atoms with Crippen molar-refractivity contribution in [3.05, 3.63) is 64.2 Å². The highest BCUT2D eigenvalue weighted by Crippen LogP contribution is 2.28. The summed E-state index contributed by atoms with van der Waals surface area (Å²) in [5.74, 6) is -0.931. The quantitative estimate of drug-likeness (QED) is 0.390. The molecule has 0 spiro atoms. The van der Waals surface area contributed by atoms with E-state index in [1.165, 1.54) is 4.90 Å². The van der Waals surface area contributed by atoms with Crippen molar-refractivity contribution < 1.29 is 19.1 Å². The summed E-state index contributed by atoms with van der Waals surface area (Å²) < 4.78 is 5.40. The highest BCUT2D eigenvalue weighted by molar-refractivity contribution is 6.00. The molecular formula is C31H42N4O4. The number of carbonyl (C=O) groups excluding carboxylic acids is 3. The SMILES string of the molecule is Cc1cc(C)cc(C(C(=O)Nc2c(C)cccc2C)N(CC#N)C(=O)C(CC(C)C)NC(=O)OC(C)(C)C)c1. The van der Waals surface area contributed by atoms with Gasteiger partial charge in [-0.25, -0.2) is 4.79 Å². The second-order valence-electron chi connectivity index (χ2n) is 11.5. The highest BCUT2D eigenvalue weighted by atomic mass is 16.6. The Morgan fingerprint density at radius 2 is 1.56 bits per heavy atom. The number of benzene rings is 2. The second kappa shape index (κ2) is 13.3. The van der Waals surface area contributed by atoms with Gasteiger partial charge in [0.2, 0.25) is 5.91 Å². The molecule has 2 N–H and O–H groups in total. The molecule has 0 saturated carbocycles. The van der Waals surface area contributed by atoms with Crippen molar-refractivity contribution in [1.29, 1.82) is 5.26 Å². The van der Waals surface area contributed by atoms with Crippen LogP contribution in [-0.4, -0.2) is 41.0 Å². The summed E-state index contributed by atoms with van der Waals surface area (Å²) in [5.41, 5.74) is 4.09. The Labute approximate surface area is 232 Å². The second-order valence-corrected chi connectivity index (χ2v) is 11.5. The van der Waals surface area contributed by atoms with E-state index in [0.717, 1.165) is 22.3 Å². The summed E-state index contributed by atoms with van der Waals surface area (Å²) in [6.07, 6.45) is -0.431. The molecule has 210 valence electrons. The van der Waals surface area contributed by atoms with Crippen LogP contribution < -0.4 is 10.6 Å². The van der Waals surface area contributed by atoms with Crippen LogP contribution in [0.5, 0.6) is 0 Å². The van der Waals surface area contributed by atoms with E-state index in [1.807, 2.05) is 77.9 Å². The molecule has 0 aliphatic heterocycles. The van der Waals surface area contributed by atoms with Crippen LogP contribution in [0.4, 0.5) is 10.5 Å². The van der Waals surface area contributed by atoms with E-state index in [9.17, 15) is 19.6 Å². The third-order valence-electron chi connectivity index (χ3n) is 6.07. The Hall–Kier alpha value is -3.86. The number of hydrogen-bond acceptors (Lipinski definition) is 5. The number of nitriles is 1. The fourth-order valence-electron chi connectivity index (χ4n) is 4.56. The molecule has 2 rings (SSSR count). The number of nitrogens with zero attached hydrogens (tertiary/aromatic N) is 2. The lowest BCUT2D eigenvalue weighted by Gasteiger charge is -2.34. The summed E-state index contributed by atoms with van der Waals surface area (Å²) in [6, 6.07) is 11.3. The summed E-state index contributed by atoms with van der Waals surface area (Å²) in [7, 11) is 0. The van der Waals surface area contributed by atoms with Gasteiger partial charge < -0.3 is 20.3 Å². The van der Waals surface area contributed by atoms with Gasteiger partial charge in [0.05, 0.1) is 6.07 Å². The minimum absolute atomic E-state index is 0.0425. The molecule has 2 unspecified atom stereocenters. The lowest BCUT2D eigenvalue weighted by Crippen LogP contribution is -2.53. The molecule has 0 aliphatic rings. The van der Waals surface area contributed by atoms with Gasteiger partial charge in [0.15, 0.2) is 0 Å². The summed E-state index contributed by atoms with van der Waals surface area (Å²) in [6.45, 7) is 16.4. The minimum Gasteiger partial charge on any atom is -0.444 e. The molecule has 0 radical (unpaired) electrons. The Balaban J connectivity index is 2.60. The summed E-state index contributed by atoms with van der Waals surface area (Å²) >= 11 is 0. The number of rotatable bonds is 9. The largest absolute Gasteiger partial charge is 0.444 e. The first-order valence-electron chi connectivity index (χ1n) is 13.2. The molecule has 39 heavy (non-hydrogen) atoms. The molecule has 0 aliphatic carbocycles. The average Bonchev–Trinajstić information content (AvgIpc) is 2.78. The van der Waals surface area contributed by atoms with E-state index in [0.29, 0.717) is 17.7 Å². The van der Waals surface area contributed by atoms with Crippen molar-refractivity contribution >= 4 is 23.6 Å². The fraction of sp³-hybridized carbons (Fsp3) is 0.484. The number of hydrogen-bond donors (Lipinski definition) is 2. The maximum atomic E-state index is 14.1. The van der Waals surface area contributed by atoms with E-state index in [4.69, 9.17) is 4.74 Å². The van der Waals surface area contributed by atoms with Crippen molar-refractivity contribution in [3.8, 4) is 6.07 Å². The first-order chi connectivity index (χ1) is 18.1. The van der Waals surface area contributed by atoms with Gasteiger partial charge in [-0.05, 0) is 77.5 Å². The number of aryl methyl sites for hydroxylation is 4. The Kier molecular flexibility index (Phi) is 10.7. The van der Waals surface area contributed by atoms with Gasteiger partial charge >= 0.3 is 6.09 Å². The maximum absolute atomic E-state index is 14.1. The zero-order valence-corrected chi connectivity index (χ0v) is 24.6. The standard InChI is InChI=1S/C31H42N4O4/c1-19(2)15-25(33-30(38)39-31(7,8)9)29(37)35(14-13-32)27(24-17-20(3)16-21(4)18-24)28(36)34-26-22(5)11-10-12-23(26)6/h10-12,16-19,25,27H,14-15H2,1-9H3,(H,33,38)(H,34,36). The number of anilines is 1. The predicted molar refractivity (Wildman–Crippen MR) is 153 cm³/mol. The van der Waals surface area contributed by atoms with Gasteiger partial charge in [-0.15, -0.1) is 0 Å². The van der Waals surface area contributed by atoms with Gasteiger partial charge in [-0.1, -0.05) is 61.4 Å². The normalized spacial score (nSPS) is 12.7. The molecule has 2 aromatic rings. The number of para-hydroxylation sites is 1. The number of amides is 3. The van der Waals surface area contributed by atoms with Crippen LogP contribution in [-0.2, 0) is 14.3 Å². The fourth-order valence-corrected chi connectivity index (χ4v) is 4.56. The van der Waals surface area contributed by atoms with Crippen LogP contribution in [0.1, 0.15) is 74.9 Å². The smallest absolute Gasteiger partial charge is 0.408 e. The number of nitrogens with one attached hydrogen (secondary N) is 2. The van der Waals surface area contributed by atoms with Gasteiger partial charge in [-0.2, -0.15) is 5.26 Å². The lowest BCUT2D eigenvalue weighted by atomic mass is 9.96. The van der Waals surface area contributed by atoms with Crippen LogP contribution in [0.3, 0.4) is 0 Å². The molecule has 2 aromatic carbocycles. The molecule has 8 heteroatoms. The van der Waals surface area contributed by atoms with Crippen LogP contribution in [0.2, 0.25) is 0 Å². The van der Waals surface area contributed by atoms with Crippen LogP contribution in [0.15, 0.2) is 36.4 Å². The van der Waals surface area contributed by atoms with Crippen molar-refractivity contribution in [2.45, 2.75) is 86.4 Å². The first-order valence-corrected chi connectivity index (χ1v) is 13.2. The molecule has 0 bridgehead atoms. The first kappa shape index (κ1) is 31.4. The predicted octanol–water partition coefficient (Wildman–Crippen LogP) is 5.89. The average molecular weight is 535 g/mol. The third kappa shape index (κ3) is 9.13. The zero-order chi connectivity index (χ0) is 29.5. The molecule has 2 atom stereocenters. The molecular weight excluding hydrogens is 492 g/mol. The van der Waals surface area contributed by atoms with Crippen LogP contribution >= 0.6 is 0 Å². The summed E-state index contributed by atoms with van der Waals surface area (Å²) in [4.78, 5) is 42.0. The lowest BCUT2D eigenvalue weighted by molar-refractivity contribution is -0.140. The van der Waals surface area contributed by atoms with Gasteiger partial charge in [0, 0.05) is 5.69 Å². The van der Waals surface area contributed by atoms with Crippen LogP contribution in [0, 0.1) is 44.9 Å². The Bertz CT molecular complexity index is 1200. The van der Waals surface area contributed by atoms with E-state index in [2.05, 4.69) is 16.7 Å². The molecule has 0 saturated heterocycles. The topological polar surface area (TPSA) is 112 Å². The van der Waals surface area contributed by atoms with E-state index < -0.39 is 35.6 Å².